The molecular formula is C20H19N5OS. The molecule has 0 radical (unpaired) electrons. The van der Waals surface area contributed by atoms with E-state index in [1.165, 1.54) is 11.3 Å². The third-order valence-corrected chi connectivity index (χ3v) is 5.05. The summed E-state index contributed by atoms with van der Waals surface area (Å²) in [6, 6.07) is 16.1. The lowest BCUT2D eigenvalue weighted by Gasteiger charge is -2.11. The number of ether oxygens (including phenoxy) is 1. The molecule has 4 rings (SSSR count). The van der Waals surface area contributed by atoms with Crippen LogP contribution in [0.1, 0.15) is 10.6 Å². The molecule has 0 fully saturated rings. The van der Waals surface area contributed by atoms with Gasteiger partial charge in [0.15, 0.2) is 5.82 Å². The van der Waals surface area contributed by atoms with Gasteiger partial charge < -0.3 is 9.64 Å². The fourth-order valence-corrected chi connectivity index (χ4v) is 3.41. The summed E-state index contributed by atoms with van der Waals surface area (Å²) in [4.78, 5) is 2.84. The van der Waals surface area contributed by atoms with Crippen LogP contribution in [0.4, 0.5) is 5.69 Å². The molecule has 0 aliphatic carbocycles. The lowest BCUT2D eigenvalue weighted by Crippen LogP contribution is -2.08. The highest BCUT2D eigenvalue weighted by Crippen LogP contribution is 2.24. The summed E-state index contributed by atoms with van der Waals surface area (Å²) in [6.45, 7) is 0. The molecule has 2 heterocycles. The van der Waals surface area contributed by atoms with Gasteiger partial charge in [0.2, 0.25) is 4.96 Å². The Kier molecular flexibility index (Phi) is 4.60. The standard InChI is InChI=1S/C20H19N5OS/c1-24(2)16-9-7-15(8-10-16)19-21-22-20-25(19)23-18(27-20)13-6-14-4-11-17(26-3)12-5-14/h4-13H,1-3H3/b13-6+. The maximum atomic E-state index is 5.18. The van der Waals surface area contributed by atoms with Crippen molar-refractivity contribution >= 4 is 34.1 Å². The molecule has 0 bridgehead atoms. The van der Waals surface area contributed by atoms with Crippen molar-refractivity contribution in [1.82, 2.24) is 19.8 Å². The summed E-state index contributed by atoms with van der Waals surface area (Å²) >= 11 is 1.51. The molecule has 0 atom stereocenters. The number of nitrogens with zero attached hydrogens (tertiary/aromatic N) is 5. The Labute approximate surface area is 161 Å². The topological polar surface area (TPSA) is 55.6 Å². The Balaban J connectivity index is 1.60. The lowest BCUT2D eigenvalue weighted by molar-refractivity contribution is 0.415. The number of hydrogen-bond acceptors (Lipinski definition) is 6. The number of aromatic nitrogens is 4. The van der Waals surface area contributed by atoms with Crippen LogP contribution in [-0.2, 0) is 0 Å². The first-order valence-corrected chi connectivity index (χ1v) is 9.28. The summed E-state index contributed by atoms with van der Waals surface area (Å²) in [7, 11) is 5.70. The largest absolute Gasteiger partial charge is 0.497 e. The van der Waals surface area contributed by atoms with E-state index in [1.54, 1.807) is 11.6 Å². The summed E-state index contributed by atoms with van der Waals surface area (Å²) in [6.07, 6.45) is 4.01. The summed E-state index contributed by atoms with van der Waals surface area (Å²) < 4.78 is 6.98. The minimum Gasteiger partial charge on any atom is -0.497 e. The van der Waals surface area contributed by atoms with Crippen molar-refractivity contribution in [3.63, 3.8) is 0 Å². The van der Waals surface area contributed by atoms with E-state index in [2.05, 4.69) is 32.3 Å². The van der Waals surface area contributed by atoms with E-state index in [9.17, 15) is 0 Å². The van der Waals surface area contributed by atoms with Gasteiger partial charge in [0, 0.05) is 25.3 Å². The van der Waals surface area contributed by atoms with E-state index >= 15 is 0 Å². The predicted octanol–water partition coefficient (Wildman–Crippen LogP) is 4.10. The molecular weight excluding hydrogens is 358 g/mol. The third kappa shape index (κ3) is 3.54. The van der Waals surface area contributed by atoms with Crippen LogP contribution in [-0.4, -0.2) is 41.0 Å². The quantitative estimate of drug-likeness (QED) is 0.524. The first kappa shape index (κ1) is 17.2. The predicted molar refractivity (Wildman–Crippen MR) is 110 cm³/mol. The number of rotatable bonds is 5. The second-order valence-corrected chi connectivity index (χ2v) is 7.19. The minimum absolute atomic E-state index is 0.746. The third-order valence-electron chi connectivity index (χ3n) is 4.18. The molecule has 0 aliphatic rings. The van der Waals surface area contributed by atoms with Gasteiger partial charge in [0.1, 0.15) is 10.8 Å². The molecule has 0 saturated heterocycles. The van der Waals surface area contributed by atoms with Crippen molar-refractivity contribution in [2.75, 3.05) is 26.1 Å². The Morgan fingerprint density at radius 2 is 1.70 bits per heavy atom. The molecule has 0 aliphatic heterocycles. The Bertz CT molecular complexity index is 1080. The molecule has 0 saturated carbocycles. The second kappa shape index (κ2) is 7.20. The molecule has 0 amide bonds. The Morgan fingerprint density at radius 1 is 0.963 bits per heavy atom. The lowest BCUT2D eigenvalue weighted by atomic mass is 10.2. The first-order chi connectivity index (χ1) is 13.1. The molecule has 136 valence electrons. The van der Waals surface area contributed by atoms with Gasteiger partial charge in [0.05, 0.1) is 7.11 Å². The number of hydrogen-bond donors (Lipinski definition) is 0. The van der Waals surface area contributed by atoms with Crippen molar-refractivity contribution in [2.45, 2.75) is 0 Å². The molecule has 0 unspecified atom stereocenters. The van der Waals surface area contributed by atoms with Crippen LogP contribution < -0.4 is 9.64 Å². The SMILES string of the molecule is COc1ccc(/C=C/c2nn3c(-c4ccc(N(C)C)cc4)nnc3s2)cc1. The van der Waals surface area contributed by atoms with Crippen LogP contribution in [0.25, 0.3) is 28.5 Å². The average molecular weight is 377 g/mol. The number of methoxy groups -OCH3 is 1. The van der Waals surface area contributed by atoms with Crippen LogP contribution in [0.2, 0.25) is 0 Å². The molecule has 2 aromatic heterocycles. The Morgan fingerprint density at radius 3 is 2.37 bits per heavy atom. The highest BCUT2D eigenvalue weighted by molar-refractivity contribution is 7.17. The summed E-state index contributed by atoms with van der Waals surface area (Å²) in [5.74, 6) is 1.59. The maximum Gasteiger partial charge on any atom is 0.235 e. The van der Waals surface area contributed by atoms with Gasteiger partial charge in [0.25, 0.3) is 0 Å². The summed E-state index contributed by atoms with van der Waals surface area (Å²) in [5, 5.41) is 14.1. The van der Waals surface area contributed by atoms with E-state index in [4.69, 9.17) is 4.74 Å². The molecule has 7 heteroatoms. The fourth-order valence-electron chi connectivity index (χ4n) is 2.67. The van der Waals surface area contributed by atoms with Gasteiger partial charge >= 0.3 is 0 Å². The van der Waals surface area contributed by atoms with Gasteiger partial charge in [-0.2, -0.15) is 9.61 Å². The van der Waals surface area contributed by atoms with Crippen LogP contribution in [0.3, 0.4) is 0 Å². The monoisotopic (exact) mass is 377 g/mol. The number of fused-ring (bicyclic) bond motifs is 1. The zero-order valence-electron chi connectivity index (χ0n) is 15.3. The van der Waals surface area contributed by atoms with Gasteiger partial charge in [-0.15, -0.1) is 10.2 Å². The fraction of sp³-hybridized carbons (Fsp3) is 0.150. The number of benzene rings is 2. The smallest absolute Gasteiger partial charge is 0.235 e. The first-order valence-electron chi connectivity index (χ1n) is 8.46. The van der Waals surface area contributed by atoms with E-state index < -0.39 is 0 Å². The van der Waals surface area contributed by atoms with E-state index in [0.717, 1.165) is 38.4 Å². The van der Waals surface area contributed by atoms with Gasteiger partial charge in [-0.25, -0.2) is 0 Å². The van der Waals surface area contributed by atoms with E-state index in [-0.39, 0.29) is 0 Å². The molecule has 0 spiro atoms. The van der Waals surface area contributed by atoms with E-state index in [0.29, 0.717) is 0 Å². The molecule has 0 N–H and O–H groups in total. The van der Waals surface area contributed by atoms with Gasteiger partial charge in [-0.05, 0) is 48.0 Å². The van der Waals surface area contributed by atoms with Crippen LogP contribution >= 0.6 is 11.3 Å². The number of anilines is 1. The van der Waals surface area contributed by atoms with Crippen LogP contribution in [0.5, 0.6) is 5.75 Å². The van der Waals surface area contributed by atoms with Crippen molar-refractivity contribution in [3.05, 3.63) is 59.1 Å². The second-order valence-electron chi connectivity index (χ2n) is 6.21. The van der Waals surface area contributed by atoms with Crippen molar-refractivity contribution in [1.29, 1.82) is 0 Å². The van der Waals surface area contributed by atoms with Gasteiger partial charge in [-0.3, -0.25) is 0 Å². The maximum absolute atomic E-state index is 5.18. The van der Waals surface area contributed by atoms with Crippen molar-refractivity contribution in [3.8, 4) is 17.1 Å². The molecule has 2 aromatic carbocycles. The Hall–Kier alpha value is -3.19. The van der Waals surface area contributed by atoms with Crippen molar-refractivity contribution < 1.29 is 4.74 Å². The van der Waals surface area contributed by atoms with E-state index in [1.807, 2.05) is 62.6 Å². The highest BCUT2D eigenvalue weighted by Gasteiger charge is 2.12. The molecule has 27 heavy (non-hydrogen) atoms. The minimum atomic E-state index is 0.746. The average Bonchev–Trinajstić information content (AvgIpc) is 3.27. The molecule has 4 aromatic rings. The molecule has 6 nitrogen and oxygen atoms in total. The summed E-state index contributed by atoms with van der Waals surface area (Å²) in [5.41, 5.74) is 3.21. The zero-order chi connectivity index (χ0) is 18.8. The van der Waals surface area contributed by atoms with Crippen molar-refractivity contribution in [2.24, 2.45) is 0 Å². The highest BCUT2D eigenvalue weighted by atomic mass is 32.1. The van der Waals surface area contributed by atoms with Crippen LogP contribution in [0, 0.1) is 0 Å². The van der Waals surface area contributed by atoms with Gasteiger partial charge in [-0.1, -0.05) is 29.5 Å². The zero-order valence-corrected chi connectivity index (χ0v) is 16.1. The van der Waals surface area contributed by atoms with Crippen LogP contribution in [0.15, 0.2) is 48.5 Å². The normalized spacial score (nSPS) is 11.4.